The van der Waals surface area contributed by atoms with E-state index in [1.54, 1.807) is 6.92 Å². The Labute approximate surface area is 226 Å². The number of amides is 1. The van der Waals surface area contributed by atoms with Crippen LogP contribution >= 0.6 is 0 Å². The summed E-state index contributed by atoms with van der Waals surface area (Å²) in [4.78, 5) is 31.0. The van der Waals surface area contributed by atoms with E-state index in [4.69, 9.17) is 25.1 Å². The van der Waals surface area contributed by atoms with E-state index in [2.05, 4.69) is 15.3 Å². The zero-order valence-corrected chi connectivity index (χ0v) is 21.7. The van der Waals surface area contributed by atoms with Crippen LogP contribution in [-0.2, 0) is 25.4 Å². The normalized spacial score (nSPS) is 21.9. The lowest BCUT2D eigenvalue weighted by atomic mass is 9.89. The molecule has 2 aliphatic rings. The molecule has 2 aromatic rings. The molecule has 0 radical (unpaired) electrons. The number of methoxy groups -OCH3 is 1. The standard InChI is InChI=1S/C26H29F3N4O7/c1-24(30)13-40-22-16(24)10-19(33-21(22)15-4-6-20(35)31-11-15)25(37,26(27,28)29)12-32-23(36)14-3-5-17(39-8-7-34)18(9-14)38-2/h3-6,10-11,14,34,37H,7-9,12-13,30H2,1-2H3,(H,31,35)(H,32,36). The van der Waals surface area contributed by atoms with E-state index in [-0.39, 0.29) is 60.3 Å². The second-order valence-corrected chi connectivity index (χ2v) is 9.69. The predicted octanol–water partition coefficient (Wildman–Crippen LogP) is 1.31. The molecule has 1 amide bonds. The van der Waals surface area contributed by atoms with Crippen molar-refractivity contribution in [3.63, 3.8) is 0 Å². The van der Waals surface area contributed by atoms with Gasteiger partial charge in [0.05, 0.1) is 37.4 Å². The summed E-state index contributed by atoms with van der Waals surface area (Å²) in [6.45, 7) is -0.00640. The van der Waals surface area contributed by atoms with Crippen molar-refractivity contribution in [1.29, 1.82) is 0 Å². The number of aromatic nitrogens is 2. The molecular weight excluding hydrogens is 537 g/mol. The van der Waals surface area contributed by atoms with Crippen LogP contribution < -0.4 is 21.3 Å². The van der Waals surface area contributed by atoms with Gasteiger partial charge in [0, 0.05) is 29.8 Å². The topological polar surface area (TPSA) is 169 Å². The van der Waals surface area contributed by atoms with E-state index < -0.39 is 46.9 Å². The number of rotatable bonds is 9. The van der Waals surface area contributed by atoms with E-state index in [1.807, 2.05) is 0 Å². The van der Waals surface area contributed by atoms with E-state index in [0.29, 0.717) is 0 Å². The first-order chi connectivity index (χ1) is 18.8. The average molecular weight is 567 g/mol. The van der Waals surface area contributed by atoms with Crippen LogP contribution in [0.25, 0.3) is 11.3 Å². The molecule has 3 atom stereocenters. The number of nitrogens with zero attached hydrogens (tertiary/aromatic N) is 1. The molecule has 4 rings (SSSR count). The molecule has 0 saturated carbocycles. The molecule has 3 heterocycles. The number of nitrogens with one attached hydrogen (secondary N) is 2. The van der Waals surface area contributed by atoms with Gasteiger partial charge in [-0.05, 0) is 25.1 Å². The number of hydrogen-bond donors (Lipinski definition) is 5. The van der Waals surface area contributed by atoms with Crippen molar-refractivity contribution in [3.05, 3.63) is 69.7 Å². The molecule has 0 bridgehead atoms. The highest BCUT2D eigenvalue weighted by molar-refractivity contribution is 5.81. The molecule has 2 aromatic heterocycles. The summed E-state index contributed by atoms with van der Waals surface area (Å²) in [6.07, 6.45) is -1.16. The van der Waals surface area contributed by atoms with E-state index in [1.165, 1.54) is 37.6 Å². The first-order valence-electron chi connectivity index (χ1n) is 12.2. The van der Waals surface area contributed by atoms with Gasteiger partial charge in [-0.3, -0.25) is 9.59 Å². The summed E-state index contributed by atoms with van der Waals surface area (Å²) < 4.78 is 59.6. The monoisotopic (exact) mass is 566 g/mol. The maximum Gasteiger partial charge on any atom is 0.424 e. The lowest BCUT2D eigenvalue weighted by Gasteiger charge is -2.32. The Morgan fingerprint density at radius 3 is 2.75 bits per heavy atom. The number of allylic oxidation sites excluding steroid dienone is 2. The first kappa shape index (κ1) is 29.1. The highest BCUT2D eigenvalue weighted by atomic mass is 19.4. The molecule has 0 spiro atoms. The minimum Gasteiger partial charge on any atom is -0.497 e. The number of alkyl halides is 3. The number of ether oxygens (including phenoxy) is 3. The quantitative estimate of drug-likeness (QED) is 0.300. The van der Waals surface area contributed by atoms with Gasteiger partial charge in [-0.25, -0.2) is 4.98 Å². The Morgan fingerprint density at radius 1 is 1.38 bits per heavy atom. The Hall–Kier alpha value is -3.88. The van der Waals surface area contributed by atoms with Crippen LogP contribution in [0, 0.1) is 5.92 Å². The number of carbonyl (C=O) groups is 1. The van der Waals surface area contributed by atoms with Crippen molar-refractivity contribution in [2.24, 2.45) is 11.7 Å². The van der Waals surface area contributed by atoms with Gasteiger partial charge in [0.15, 0.2) is 11.5 Å². The second kappa shape index (κ2) is 10.9. The highest BCUT2D eigenvalue weighted by Crippen LogP contribution is 2.46. The molecule has 40 heavy (non-hydrogen) atoms. The number of halogens is 3. The van der Waals surface area contributed by atoms with Crippen molar-refractivity contribution in [1.82, 2.24) is 15.3 Å². The molecule has 6 N–H and O–H groups in total. The molecule has 14 heteroatoms. The van der Waals surface area contributed by atoms with Crippen LogP contribution in [-0.4, -0.2) is 65.7 Å². The van der Waals surface area contributed by atoms with Gasteiger partial charge in [-0.1, -0.05) is 6.08 Å². The zero-order valence-electron chi connectivity index (χ0n) is 21.7. The van der Waals surface area contributed by atoms with Crippen LogP contribution in [0.2, 0.25) is 0 Å². The molecule has 3 unspecified atom stereocenters. The molecule has 11 nitrogen and oxygen atoms in total. The third-order valence-corrected chi connectivity index (χ3v) is 6.67. The predicted molar refractivity (Wildman–Crippen MR) is 135 cm³/mol. The van der Waals surface area contributed by atoms with Crippen molar-refractivity contribution >= 4 is 5.91 Å². The van der Waals surface area contributed by atoms with Crippen LogP contribution in [0.3, 0.4) is 0 Å². The number of pyridine rings is 2. The highest BCUT2D eigenvalue weighted by Gasteiger charge is 2.57. The van der Waals surface area contributed by atoms with Gasteiger partial charge in [-0.15, -0.1) is 0 Å². The fourth-order valence-corrected chi connectivity index (χ4v) is 4.36. The maximum absolute atomic E-state index is 14.5. The lowest BCUT2D eigenvalue weighted by molar-refractivity contribution is -0.265. The summed E-state index contributed by atoms with van der Waals surface area (Å²) in [6, 6.07) is 3.54. The number of aromatic amines is 1. The molecule has 0 aromatic carbocycles. The summed E-state index contributed by atoms with van der Waals surface area (Å²) >= 11 is 0. The van der Waals surface area contributed by atoms with Crippen LogP contribution in [0.5, 0.6) is 5.75 Å². The third-order valence-electron chi connectivity index (χ3n) is 6.67. The third kappa shape index (κ3) is 5.55. The first-order valence-corrected chi connectivity index (χ1v) is 12.2. The average Bonchev–Trinajstić information content (AvgIpc) is 3.23. The molecule has 1 aliphatic carbocycles. The Kier molecular flexibility index (Phi) is 7.97. The molecule has 0 fully saturated rings. The number of aliphatic hydroxyl groups is 2. The number of fused-ring (bicyclic) bond motifs is 1. The van der Waals surface area contributed by atoms with Crippen LogP contribution in [0.4, 0.5) is 13.2 Å². The number of hydrogen-bond acceptors (Lipinski definition) is 9. The summed E-state index contributed by atoms with van der Waals surface area (Å²) in [5.74, 6) is -1.03. The summed E-state index contributed by atoms with van der Waals surface area (Å²) in [5.41, 5.74) is 0.562. The Balaban J connectivity index is 1.66. The smallest absolute Gasteiger partial charge is 0.424 e. The zero-order chi connectivity index (χ0) is 29.3. The lowest BCUT2D eigenvalue weighted by Crippen LogP contribution is -2.52. The van der Waals surface area contributed by atoms with Crippen LogP contribution in [0.15, 0.2) is 52.9 Å². The largest absolute Gasteiger partial charge is 0.497 e. The summed E-state index contributed by atoms with van der Waals surface area (Å²) in [7, 11) is 1.35. The fourth-order valence-electron chi connectivity index (χ4n) is 4.36. The van der Waals surface area contributed by atoms with Gasteiger partial charge >= 0.3 is 6.18 Å². The number of nitrogens with two attached hydrogens (primary N) is 1. The summed E-state index contributed by atoms with van der Waals surface area (Å²) in [5, 5.41) is 22.2. The van der Waals surface area contributed by atoms with Crippen LogP contribution in [0.1, 0.15) is 24.6 Å². The molecular formula is C26H29F3N4O7. The van der Waals surface area contributed by atoms with Gasteiger partial charge in [0.2, 0.25) is 17.1 Å². The number of aliphatic hydroxyl groups excluding tert-OH is 1. The SMILES string of the molecule is COC1=C(OCCO)C=CC(C(=O)NCC(O)(c2cc3c(c(-c4ccc(=O)[nH]c4)n2)OCC3(C)N)C(F)(F)F)C1. The van der Waals surface area contributed by atoms with Gasteiger partial charge < -0.3 is 40.5 Å². The molecule has 1 aliphatic heterocycles. The maximum atomic E-state index is 14.5. The minimum absolute atomic E-state index is 0.0102. The Morgan fingerprint density at radius 2 is 2.12 bits per heavy atom. The van der Waals surface area contributed by atoms with Crippen molar-refractivity contribution in [3.8, 4) is 17.0 Å². The second-order valence-electron chi connectivity index (χ2n) is 9.69. The number of carbonyl (C=O) groups excluding carboxylic acids is 1. The van der Waals surface area contributed by atoms with Gasteiger partial charge in [-0.2, -0.15) is 13.2 Å². The Bertz CT molecular complexity index is 1380. The number of H-pyrrole nitrogens is 1. The molecule has 0 saturated heterocycles. The van der Waals surface area contributed by atoms with Crippen molar-refractivity contribution in [2.75, 3.05) is 33.5 Å². The minimum atomic E-state index is -5.26. The van der Waals surface area contributed by atoms with Crippen molar-refractivity contribution < 1.29 is 42.4 Å². The fraction of sp³-hybridized carbons (Fsp3) is 0.423. The van der Waals surface area contributed by atoms with Gasteiger partial charge in [0.25, 0.3) is 0 Å². The van der Waals surface area contributed by atoms with Gasteiger partial charge in [0.1, 0.15) is 24.7 Å². The van der Waals surface area contributed by atoms with E-state index in [9.17, 15) is 27.9 Å². The van der Waals surface area contributed by atoms with E-state index in [0.717, 1.165) is 6.07 Å². The molecule has 216 valence electrons. The van der Waals surface area contributed by atoms with E-state index >= 15 is 0 Å². The van der Waals surface area contributed by atoms with Crippen molar-refractivity contribution in [2.45, 2.75) is 30.7 Å².